The third-order valence-corrected chi connectivity index (χ3v) is 4.87. The fourth-order valence-electron chi connectivity index (χ4n) is 3.26. The molecule has 0 heterocycles. The number of nitrogens with one attached hydrogen (secondary N) is 1. The van der Waals surface area contributed by atoms with Crippen LogP contribution >= 0.6 is 22.6 Å². The molecule has 4 atom stereocenters. The lowest BCUT2D eigenvalue weighted by Crippen LogP contribution is -2.42. The Labute approximate surface area is 130 Å². The van der Waals surface area contributed by atoms with Crippen LogP contribution in [-0.4, -0.2) is 11.9 Å². The molecule has 1 amide bonds. The van der Waals surface area contributed by atoms with Gasteiger partial charge in [-0.05, 0) is 65.1 Å². The number of hydrogen-bond acceptors (Lipinski definition) is 3. The molecule has 1 aromatic carbocycles. The molecular weight excluding hydrogens is 369 g/mol. The highest BCUT2D eigenvalue weighted by molar-refractivity contribution is 14.1. The van der Waals surface area contributed by atoms with Gasteiger partial charge in [0.15, 0.2) is 0 Å². The average molecular weight is 382 g/mol. The summed E-state index contributed by atoms with van der Waals surface area (Å²) < 4.78 is 1.08. The lowest BCUT2D eigenvalue weighted by atomic mass is 9.82. The van der Waals surface area contributed by atoms with Crippen molar-refractivity contribution < 1.29 is 14.7 Å². The van der Waals surface area contributed by atoms with Crippen molar-refractivity contribution in [3.63, 3.8) is 0 Å². The SMILES string of the molecule is O=C([O-])[C@@H]1[C@H](C(=O)Nc2ccc(I)cc2)[C@@H]2C=C[C@H]1C2. The number of hydrogen-bond donors (Lipinski definition) is 1. The van der Waals surface area contributed by atoms with Gasteiger partial charge in [-0.25, -0.2) is 0 Å². The van der Waals surface area contributed by atoms with Crippen molar-refractivity contribution in [3.05, 3.63) is 40.0 Å². The maximum atomic E-state index is 12.4. The number of aliphatic carboxylic acids is 1. The fraction of sp³-hybridized carbons (Fsp3) is 0.333. The lowest BCUT2D eigenvalue weighted by Gasteiger charge is -2.27. The van der Waals surface area contributed by atoms with Crippen LogP contribution in [0.3, 0.4) is 0 Å². The molecule has 0 aliphatic heterocycles. The van der Waals surface area contributed by atoms with Crippen molar-refractivity contribution in [2.75, 3.05) is 5.32 Å². The van der Waals surface area contributed by atoms with Crippen LogP contribution in [0, 0.1) is 27.2 Å². The molecule has 2 bridgehead atoms. The number of rotatable bonds is 3. The molecule has 104 valence electrons. The molecule has 0 radical (unpaired) electrons. The average Bonchev–Trinajstić information content (AvgIpc) is 3.01. The predicted molar refractivity (Wildman–Crippen MR) is 80.5 cm³/mol. The highest BCUT2D eigenvalue weighted by Gasteiger charge is 2.48. The minimum atomic E-state index is -1.12. The monoisotopic (exact) mass is 382 g/mol. The zero-order chi connectivity index (χ0) is 14.3. The largest absolute Gasteiger partial charge is 0.550 e. The number of halogens is 1. The van der Waals surface area contributed by atoms with Gasteiger partial charge in [0.05, 0.1) is 5.92 Å². The topological polar surface area (TPSA) is 69.2 Å². The van der Waals surface area contributed by atoms with Gasteiger partial charge < -0.3 is 15.2 Å². The summed E-state index contributed by atoms with van der Waals surface area (Å²) in [6, 6.07) is 7.42. The smallest absolute Gasteiger partial charge is 0.228 e. The third-order valence-electron chi connectivity index (χ3n) is 4.15. The van der Waals surface area contributed by atoms with E-state index in [-0.39, 0.29) is 17.7 Å². The number of amides is 1. The van der Waals surface area contributed by atoms with E-state index in [9.17, 15) is 14.7 Å². The minimum Gasteiger partial charge on any atom is -0.550 e. The normalized spacial score (nSPS) is 30.4. The summed E-state index contributed by atoms with van der Waals surface area (Å²) in [5.41, 5.74) is 0.694. The molecule has 1 saturated carbocycles. The summed E-state index contributed by atoms with van der Waals surface area (Å²) in [5.74, 6) is -2.60. The number of anilines is 1. The van der Waals surface area contributed by atoms with Gasteiger partial charge >= 0.3 is 0 Å². The zero-order valence-electron chi connectivity index (χ0n) is 10.6. The van der Waals surface area contributed by atoms with Crippen LogP contribution in [0.15, 0.2) is 36.4 Å². The molecule has 0 saturated heterocycles. The summed E-state index contributed by atoms with van der Waals surface area (Å²) >= 11 is 2.19. The van der Waals surface area contributed by atoms with E-state index >= 15 is 0 Å². The number of allylic oxidation sites excluding steroid dienone is 2. The molecule has 1 fully saturated rings. The summed E-state index contributed by atoms with van der Waals surface area (Å²) in [4.78, 5) is 23.6. The van der Waals surface area contributed by atoms with Gasteiger partial charge in [-0.3, -0.25) is 4.79 Å². The van der Waals surface area contributed by atoms with Crippen molar-refractivity contribution in [3.8, 4) is 0 Å². The van der Waals surface area contributed by atoms with E-state index in [1.54, 1.807) is 0 Å². The minimum absolute atomic E-state index is 0.0201. The Bertz CT molecular complexity index is 581. The van der Waals surface area contributed by atoms with E-state index in [4.69, 9.17) is 0 Å². The molecular formula is C15H13INO3-. The third kappa shape index (κ3) is 2.34. The van der Waals surface area contributed by atoms with E-state index in [0.717, 1.165) is 9.99 Å². The van der Waals surface area contributed by atoms with Gasteiger partial charge in [-0.15, -0.1) is 0 Å². The molecule has 2 aliphatic carbocycles. The van der Waals surface area contributed by atoms with Crippen molar-refractivity contribution in [2.45, 2.75) is 6.42 Å². The number of carboxylic acid groups (broad SMARTS) is 1. The number of carboxylic acids is 1. The first-order valence-corrected chi connectivity index (χ1v) is 7.60. The van der Waals surface area contributed by atoms with E-state index in [1.165, 1.54) is 0 Å². The van der Waals surface area contributed by atoms with Crippen LogP contribution in [-0.2, 0) is 9.59 Å². The van der Waals surface area contributed by atoms with Crippen LogP contribution < -0.4 is 10.4 Å². The van der Waals surface area contributed by atoms with Gasteiger partial charge in [0, 0.05) is 21.1 Å². The number of benzene rings is 1. The van der Waals surface area contributed by atoms with Crippen molar-refractivity contribution in [2.24, 2.45) is 23.7 Å². The molecule has 0 aromatic heterocycles. The highest BCUT2D eigenvalue weighted by Crippen LogP contribution is 2.48. The second kappa shape index (κ2) is 5.20. The van der Waals surface area contributed by atoms with Gasteiger partial charge in [-0.1, -0.05) is 12.2 Å². The second-order valence-electron chi connectivity index (χ2n) is 5.32. The molecule has 5 heteroatoms. The molecule has 1 aromatic rings. The quantitative estimate of drug-likeness (QED) is 0.635. The predicted octanol–water partition coefficient (Wildman–Crippen LogP) is 1.42. The van der Waals surface area contributed by atoms with Gasteiger partial charge in [0.1, 0.15) is 0 Å². The Balaban J connectivity index is 1.78. The molecule has 0 unspecified atom stereocenters. The lowest BCUT2D eigenvalue weighted by molar-refractivity contribution is -0.313. The van der Waals surface area contributed by atoms with Crippen molar-refractivity contribution >= 4 is 40.2 Å². The maximum Gasteiger partial charge on any atom is 0.228 e. The van der Waals surface area contributed by atoms with E-state index < -0.39 is 17.8 Å². The Morgan fingerprint density at radius 1 is 1.10 bits per heavy atom. The Morgan fingerprint density at radius 3 is 2.30 bits per heavy atom. The van der Waals surface area contributed by atoms with Crippen LogP contribution in [0.1, 0.15) is 6.42 Å². The van der Waals surface area contributed by atoms with Crippen LogP contribution in [0.2, 0.25) is 0 Å². The van der Waals surface area contributed by atoms with Crippen LogP contribution in [0.4, 0.5) is 5.69 Å². The molecule has 20 heavy (non-hydrogen) atoms. The van der Waals surface area contributed by atoms with Gasteiger partial charge in [0.2, 0.25) is 5.91 Å². The molecule has 3 rings (SSSR count). The number of carbonyl (C=O) groups is 2. The van der Waals surface area contributed by atoms with E-state index in [0.29, 0.717) is 5.69 Å². The Kier molecular flexibility index (Phi) is 3.54. The first kappa shape index (κ1) is 13.6. The second-order valence-corrected chi connectivity index (χ2v) is 6.56. The molecule has 2 aliphatic rings. The van der Waals surface area contributed by atoms with Crippen molar-refractivity contribution in [1.82, 2.24) is 0 Å². The summed E-state index contributed by atoms with van der Waals surface area (Å²) in [6.45, 7) is 0. The first-order valence-electron chi connectivity index (χ1n) is 6.52. The van der Waals surface area contributed by atoms with Crippen LogP contribution in [0.25, 0.3) is 0 Å². The summed E-state index contributed by atoms with van der Waals surface area (Å²) in [5, 5.41) is 14.1. The molecule has 0 spiro atoms. The standard InChI is InChI=1S/C15H14INO3/c16-10-3-5-11(6-4-10)17-14(18)12-8-1-2-9(7-8)13(12)15(19)20/h1-6,8-9,12-13H,7H2,(H,17,18)(H,19,20)/p-1/t8-,9+,12-,13+/m1/s1. The molecule has 4 nitrogen and oxygen atoms in total. The maximum absolute atomic E-state index is 12.4. The summed E-state index contributed by atoms with van der Waals surface area (Å²) in [7, 11) is 0. The highest BCUT2D eigenvalue weighted by atomic mass is 127. The fourth-order valence-corrected chi connectivity index (χ4v) is 3.62. The summed E-state index contributed by atoms with van der Waals surface area (Å²) in [6.07, 6.45) is 4.60. The van der Waals surface area contributed by atoms with Crippen LogP contribution in [0.5, 0.6) is 0 Å². The van der Waals surface area contributed by atoms with Gasteiger partial charge in [0.25, 0.3) is 0 Å². The Hall–Kier alpha value is -1.37. The van der Waals surface area contributed by atoms with E-state index in [1.807, 2.05) is 36.4 Å². The Morgan fingerprint density at radius 2 is 1.70 bits per heavy atom. The zero-order valence-corrected chi connectivity index (χ0v) is 12.7. The number of carbonyl (C=O) groups excluding carboxylic acids is 2. The molecule has 1 N–H and O–H groups in total. The van der Waals surface area contributed by atoms with Crippen molar-refractivity contribution in [1.29, 1.82) is 0 Å². The van der Waals surface area contributed by atoms with Gasteiger partial charge in [-0.2, -0.15) is 0 Å². The van der Waals surface area contributed by atoms with E-state index in [2.05, 4.69) is 27.9 Å². The first-order chi connectivity index (χ1) is 9.56. The number of fused-ring (bicyclic) bond motifs is 2.